The molecule has 0 radical (unpaired) electrons. The summed E-state index contributed by atoms with van der Waals surface area (Å²) in [5.74, 6) is -0.365. The Bertz CT molecular complexity index is 535. The number of primary amides is 1. The molecular formula is C13H18N4O2. The normalized spacial score (nSPS) is 18.3. The van der Waals surface area contributed by atoms with Gasteiger partial charge in [-0.3, -0.25) is 14.2 Å². The molecule has 0 saturated carbocycles. The first-order chi connectivity index (χ1) is 9.00. The number of hydrogen-bond acceptors (Lipinski definition) is 4. The van der Waals surface area contributed by atoms with Crippen LogP contribution in [0.4, 0.5) is 0 Å². The highest BCUT2D eigenvalue weighted by atomic mass is 16.2. The Morgan fingerprint density at radius 2 is 2.26 bits per heavy atom. The van der Waals surface area contributed by atoms with Gasteiger partial charge in [-0.15, -0.1) is 0 Å². The molecule has 1 aliphatic heterocycles. The Balaban J connectivity index is 2.47. The van der Waals surface area contributed by atoms with Crippen molar-refractivity contribution in [2.24, 2.45) is 5.73 Å². The molecule has 1 amide bonds. The van der Waals surface area contributed by atoms with E-state index in [0.717, 1.165) is 25.0 Å². The molecule has 2 rings (SSSR count). The molecule has 19 heavy (non-hydrogen) atoms. The highest BCUT2D eigenvalue weighted by Gasteiger charge is 2.26. The van der Waals surface area contributed by atoms with Gasteiger partial charge >= 0.3 is 0 Å². The smallest absolute Gasteiger partial charge is 0.267 e. The Morgan fingerprint density at radius 1 is 1.53 bits per heavy atom. The van der Waals surface area contributed by atoms with Gasteiger partial charge in [-0.25, -0.2) is 4.98 Å². The van der Waals surface area contributed by atoms with Crippen molar-refractivity contribution < 1.29 is 9.59 Å². The zero-order chi connectivity index (χ0) is 14.0. The fourth-order valence-electron chi connectivity index (χ4n) is 2.23. The highest BCUT2D eigenvalue weighted by molar-refractivity contribution is 5.99. The second kappa shape index (κ2) is 5.36. The average molecular weight is 262 g/mol. The van der Waals surface area contributed by atoms with Crippen LogP contribution in [0.25, 0.3) is 0 Å². The number of allylic oxidation sites excluding steroid dienone is 2. The van der Waals surface area contributed by atoms with E-state index in [1.165, 1.54) is 16.8 Å². The number of imidazole rings is 1. The number of nitrogens with zero attached hydrogens (tertiary/aromatic N) is 2. The molecule has 0 aliphatic carbocycles. The van der Waals surface area contributed by atoms with Crippen LogP contribution in [0.3, 0.4) is 0 Å². The molecule has 1 aromatic heterocycles. The van der Waals surface area contributed by atoms with Gasteiger partial charge in [0.25, 0.3) is 11.8 Å². The summed E-state index contributed by atoms with van der Waals surface area (Å²) >= 11 is 0. The van der Waals surface area contributed by atoms with E-state index in [1.54, 1.807) is 0 Å². The molecule has 102 valence electrons. The van der Waals surface area contributed by atoms with Crippen LogP contribution in [-0.2, 0) is 0 Å². The van der Waals surface area contributed by atoms with Crippen molar-refractivity contribution in [3.63, 3.8) is 0 Å². The molecule has 6 heteroatoms. The monoisotopic (exact) mass is 262 g/mol. The second-order valence-electron chi connectivity index (χ2n) is 4.91. The standard InChI is InChI=1S/C13H18N4O2/c1-8(2)6-11(18)17-10(12(14)19)7-16-13(17)9-4-3-5-15-9/h6-7,9,15H,3-5H2,1-2H3,(H2,14,19). The van der Waals surface area contributed by atoms with Gasteiger partial charge in [-0.1, -0.05) is 5.57 Å². The summed E-state index contributed by atoms with van der Waals surface area (Å²) in [4.78, 5) is 27.8. The van der Waals surface area contributed by atoms with Crippen LogP contribution in [-0.4, -0.2) is 27.9 Å². The fourth-order valence-corrected chi connectivity index (χ4v) is 2.23. The van der Waals surface area contributed by atoms with Crippen LogP contribution < -0.4 is 11.1 Å². The summed E-state index contributed by atoms with van der Waals surface area (Å²) < 4.78 is 1.32. The molecule has 2 heterocycles. The van der Waals surface area contributed by atoms with E-state index in [4.69, 9.17) is 5.73 Å². The van der Waals surface area contributed by atoms with Crippen molar-refractivity contribution in [2.45, 2.75) is 32.7 Å². The summed E-state index contributed by atoms with van der Waals surface area (Å²) in [6, 6.07) is 0.00242. The minimum Gasteiger partial charge on any atom is -0.364 e. The number of hydrogen-bond donors (Lipinski definition) is 2. The third-order valence-electron chi connectivity index (χ3n) is 3.05. The molecule has 0 spiro atoms. The minimum absolute atomic E-state index is 0.00242. The van der Waals surface area contributed by atoms with E-state index in [1.807, 2.05) is 13.8 Å². The molecule has 1 saturated heterocycles. The number of aromatic nitrogens is 2. The van der Waals surface area contributed by atoms with Crippen molar-refractivity contribution >= 4 is 11.8 Å². The highest BCUT2D eigenvalue weighted by Crippen LogP contribution is 2.23. The SMILES string of the molecule is CC(C)=CC(=O)n1c(C(N)=O)cnc1C1CCCN1. The first kappa shape index (κ1) is 13.5. The maximum absolute atomic E-state index is 12.2. The fraction of sp³-hybridized carbons (Fsp3) is 0.462. The van der Waals surface area contributed by atoms with E-state index in [0.29, 0.717) is 5.82 Å². The Labute approximate surface area is 111 Å². The lowest BCUT2D eigenvalue weighted by atomic mass is 10.2. The van der Waals surface area contributed by atoms with Gasteiger partial charge in [0.1, 0.15) is 11.5 Å². The van der Waals surface area contributed by atoms with Crippen LogP contribution in [0.5, 0.6) is 0 Å². The maximum atomic E-state index is 12.2. The third-order valence-corrected chi connectivity index (χ3v) is 3.05. The summed E-state index contributed by atoms with van der Waals surface area (Å²) in [7, 11) is 0. The molecule has 1 unspecified atom stereocenters. The van der Waals surface area contributed by atoms with Gasteiger partial charge in [0.2, 0.25) is 0 Å². The van der Waals surface area contributed by atoms with Crippen LogP contribution in [0.15, 0.2) is 17.8 Å². The number of nitrogens with two attached hydrogens (primary N) is 1. The van der Waals surface area contributed by atoms with Gasteiger partial charge in [0.05, 0.1) is 12.2 Å². The van der Waals surface area contributed by atoms with Gasteiger partial charge in [-0.2, -0.15) is 0 Å². The Hall–Kier alpha value is -1.95. The number of carbonyl (C=O) groups is 2. The predicted molar refractivity (Wildman–Crippen MR) is 70.8 cm³/mol. The molecule has 0 aromatic carbocycles. The number of amides is 1. The van der Waals surface area contributed by atoms with Crippen LogP contribution in [0, 0.1) is 0 Å². The maximum Gasteiger partial charge on any atom is 0.267 e. The first-order valence-electron chi connectivity index (χ1n) is 6.30. The van der Waals surface area contributed by atoms with Crippen LogP contribution >= 0.6 is 0 Å². The van der Waals surface area contributed by atoms with E-state index in [-0.39, 0.29) is 17.6 Å². The van der Waals surface area contributed by atoms with Gasteiger partial charge in [-0.05, 0) is 33.2 Å². The Morgan fingerprint density at radius 3 is 2.79 bits per heavy atom. The average Bonchev–Trinajstić information content (AvgIpc) is 2.96. The quantitative estimate of drug-likeness (QED) is 0.795. The summed E-state index contributed by atoms with van der Waals surface area (Å²) in [6.07, 6.45) is 4.78. The molecule has 1 fully saturated rings. The van der Waals surface area contributed by atoms with Crippen LogP contribution in [0.2, 0.25) is 0 Å². The zero-order valence-corrected chi connectivity index (χ0v) is 11.1. The molecule has 1 aromatic rings. The molecule has 1 aliphatic rings. The van der Waals surface area contributed by atoms with Crippen molar-refractivity contribution in [1.29, 1.82) is 0 Å². The van der Waals surface area contributed by atoms with Crippen molar-refractivity contribution in [1.82, 2.24) is 14.9 Å². The molecular weight excluding hydrogens is 244 g/mol. The van der Waals surface area contributed by atoms with E-state index >= 15 is 0 Å². The number of rotatable bonds is 3. The lowest BCUT2D eigenvalue weighted by Crippen LogP contribution is -2.26. The lowest BCUT2D eigenvalue weighted by molar-refractivity contribution is 0.0923. The molecule has 1 atom stereocenters. The third kappa shape index (κ3) is 2.73. The lowest BCUT2D eigenvalue weighted by Gasteiger charge is -2.12. The zero-order valence-electron chi connectivity index (χ0n) is 11.1. The van der Waals surface area contributed by atoms with E-state index in [2.05, 4.69) is 10.3 Å². The summed E-state index contributed by atoms with van der Waals surface area (Å²) in [5.41, 5.74) is 6.29. The second-order valence-corrected chi connectivity index (χ2v) is 4.91. The summed E-state index contributed by atoms with van der Waals surface area (Å²) in [5, 5.41) is 3.27. The van der Waals surface area contributed by atoms with E-state index in [9.17, 15) is 9.59 Å². The van der Waals surface area contributed by atoms with Gasteiger partial charge < -0.3 is 11.1 Å². The largest absolute Gasteiger partial charge is 0.364 e. The topological polar surface area (TPSA) is 90.0 Å². The molecule has 3 N–H and O–H groups in total. The summed E-state index contributed by atoms with van der Waals surface area (Å²) in [6.45, 7) is 4.54. The van der Waals surface area contributed by atoms with Crippen molar-refractivity contribution in [3.8, 4) is 0 Å². The molecule has 0 bridgehead atoms. The molecule has 6 nitrogen and oxygen atoms in total. The number of nitrogens with one attached hydrogen (secondary N) is 1. The van der Waals surface area contributed by atoms with E-state index < -0.39 is 5.91 Å². The Kier molecular flexibility index (Phi) is 3.80. The minimum atomic E-state index is -0.646. The van der Waals surface area contributed by atoms with Crippen molar-refractivity contribution in [2.75, 3.05) is 6.54 Å². The predicted octanol–water partition coefficient (Wildman–Crippen LogP) is 1.01. The van der Waals surface area contributed by atoms with Gasteiger partial charge in [0, 0.05) is 6.08 Å². The van der Waals surface area contributed by atoms with Gasteiger partial charge in [0.15, 0.2) is 0 Å². The van der Waals surface area contributed by atoms with Crippen LogP contribution in [0.1, 0.15) is 53.8 Å². The number of carbonyl (C=O) groups excluding carboxylic acids is 2. The first-order valence-corrected chi connectivity index (χ1v) is 6.30. The van der Waals surface area contributed by atoms with Crippen molar-refractivity contribution in [3.05, 3.63) is 29.4 Å².